The van der Waals surface area contributed by atoms with Gasteiger partial charge in [-0.3, -0.25) is 9.78 Å². The second-order valence-corrected chi connectivity index (χ2v) is 6.91. The summed E-state index contributed by atoms with van der Waals surface area (Å²) in [5, 5.41) is 11.8. The van der Waals surface area contributed by atoms with Crippen molar-refractivity contribution in [2.45, 2.75) is 25.2 Å². The van der Waals surface area contributed by atoms with Gasteiger partial charge >= 0.3 is 12.4 Å². The molecule has 0 bridgehead atoms. The monoisotopic (exact) mass is 454 g/mol. The molecule has 0 saturated heterocycles. The number of hydrogen-bond donors (Lipinski definition) is 2. The van der Waals surface area contributed by atoms with Gasteiger partial charge in [-0.25, -0.2) is 0 Å². The molecular weight excluding hydrogens is 438 g/mol. The Morgan fingerprint density at radius 3 is 2.22 bits per heavy atom. The number of aryl methyl sites for hydroxylation is 1. The van der Waals surface area contributed by atoms with Gasteiger partial charge in [0.15, 0.2) is 0 Å². The summed E-state index contributed by atoms with van der Waals surface area (Å²) in [6, 6.07) is 10.2. The molecule has 2 aromatic carbocycles. The lowest BCUT2D eigenvalue weighted by molar-refractivity contribution is -0.138. The number of anilines is 1. The van der Waals surface area contributed by atoms with Crippen LogP contribution < -0.4 is 5.32 Å². The number of rotatable bonds is 5. The van der Waals surface area contributed by atoms with E-state index < -0.39 is 35.1 Å². The lowest BCUT2D eigenvalue weighted by Gasteiger charge is -2.14. The topological polar surface area (TPSA) is 62.2 Å². The van der Waals surface area contributed by atoms with E-state index in [-0.39, 0.29) is 29.8 Å². The number of halogens is 6. The molecule has 3 rings (SSSR count). The zero-order valence-electron chi connectivity index (χ0n) is 16.3. The minimum atomic E-state index is -4.77. The van der Waals surface area contributed by atoms with E-state index in [1.165, 1.54) is 30.3 Å². The summed E-state index contributed by atoms with van der Waals surface area (Å²) < 4.78 is 78.4. The molecule has 1 aromatic heterocycles. The average Bonchev–Trinajstić information content (AvgIpc) is 2.71. The maximum absolute atomic E-state index is 13.5. The summed E-state index contributed by atoms with van der Waals surface area (Å²) in [6.07, 6.45) is -8.23. The fourth-order valence-corrected chi connectivity index (χ4v) is 2.97. The molecule has 2 N–H and O–H groups in total. The second kappa shape index (κ2) is 8.89. The number of phenolic OH excluding ortho intramolecular Hbond substituents is 1. The molecule has 4 nitrogen and oxygen atoms in total. The summed E-state index contributed by atoms with van der Waals surface area (Å²) in [5.41, 5.74) is -1.97. The van der Waals surface area contributed by atoms with Gasteiger partial charge in [0.05, 0.1) is 28.7 Å². The quantitative estimate of drug-likeness (QED) is 0.461. The molecule has 168 valence electrons. The number of amides is 1. The number of aromatic nitrogens is 1. The first kappa shape index (κ1) is 23.1. The van der Waals surface area contributed by atoms with Crippen molar-refractivity contribution in [2.75, 3.05) is 5.32 Å². The van der Waals surface area contributed by atoms with Crippen molar-refractivity contribution < 1.29 is 36.2 Å². The Morgan fingerprint density at radius 1 is 0.938 bits per heavy atom. The first-order chi connectivity index (χ1) is 14.9. The number of alkyl halides is 6. The molecule has 0 fully saturated rings. The third-order valence-corrected chi connectivity index (χ3v) is 4.52. The normalized spacial score (nSPS) is 11.9. The van der Waals surface area contributed by atoms with E-state index in [1.54, 1.807) is 0 Å². The minimum absolute atomic E-state index is 0.0532. The second-order valence-electron chi connectivity index (χ2n) is 6.91. The molecule has 3 aromatic rings. The van der Waals surface area contributed by atoms with Gasteiger partial charge in [-0.2, -0.15) is 26.3 Å². The number of phenols is 1. The van der Waals surface area contributed by atoms with E-state index in [0.29, 0.717) is 5.56 Å². The molecule has 0 radical (unpaired) electrons. The first-order valence-electron chi connectivity index (χ1n) is 9.26. The van der Waals surface area contributed by atoms with Crippen molar-refractivity contribution in [2.24, 2.45) is 0 Å². The molecule has 1 heterocycles. The molecular formula is C22H16F6N2O2. The van der Waals surface area contributed by atoms with E-state index in [2.05, 4.69) is 10.3 Å². The van der Waals surface area contributed by atoms with Crippen molar-refractivity contribution in [1.29, 1.82) is 0 Å². The van der Waals surface area contributed by atoms with E-state index in [0.717, 1.165) is 30.5 Å². The van der Waals surface area contributed by atoms with E-state index in [4.69, 9.17) is 0 Å². The highest BCUT2D eigenvalue weighted by atomic mass is 19.4. The molecule has 0 aliphatic carbocycles. The Bertz CT molecular complexity index is 1110. The van der Waals surface area contributed by atoms with Crippen LogP contribution in [-0.2, 0) is 23.6 Å². The van der Waals surface area contributed by atoms with Gasteiger partial charge < -0.3 is 10.4 Å². The van der Waals surface area contributed by atoms with Crippen LogP contribution in [0.3, 0.4) is 0 Å². The Labute approximate surface area is 178 Å². The standard InChI is InChI=1S/C22H16F6N2O2/c23-21(24,25)15-7-4-13(5-8-15)6-9-19(32)30-16-11-18(22(26,27)28)20(29-12-16)14-2-1-3-17(31)10-14/h1-5,7-8,10-12,31H,6,9H2,(H,30,32). The summed E-state index contributed by atoms with van der Waals surface area (Å²) in [5.74, 6) is -0.844. The van der Waals surface area contributed by atoms with Gasteiger partial charge in [-0.1, -0.05) is 24.3 Å². The van der Waals surface area contributed by atoms with Crippen LogP contribution in [0.5, 0.6) is 5.75 Å². The number of nitrogens with zero attached hydrogens (tertiary/aromatic N) is 1. The van der Waals surface area contributed by atoms with Crippen LogP contribution in [0.2, 0.25) is 0 Å². The first-order valence-corrected chi connectivity index (χ1v) is 9.26. The van der Waals surface area contributed by atoms with Gasteiger partial charge in [-0.05, 0) is 42.3 Å². The molecule has 0 spiro atoms. The SMILES string of the molecule is O=C(CCc1ccc(C(F)(F)F)cc1)Nc1cnc(-c2cccc(O)c2)c(C(F)(F)F)c1. The largest absolute Gasteiger partial charge is 0.508 e. The zero-order valence-corrected chi connectivity index (χ0v) is 16.3. The van der Waals surface area contributed by atoms with Crippen molar-refractivity contribution in [3.05, 3.63) is 77.5 Å². The molecule has 0 aliphatic heterocycles. The third-order valence-electron chi connectivity index (χ3n) is 4.52. The lowest BCUT2D eigenvalue weighted by Crippen LogP contribution is -2.15. The summed E-state index contributed by atoms with van der Waals surface area (Å²) in [7, 11) is 0. The molecule has 0 atom stereocenters. The predicted molar refractivity (Wildman–Crippen MR) is 105 cm³/mol. The summed E-state index contributed by atoms with van der Waals surface area (Å²) in [6.45, 7) is 0. The van der Waals surface area contributed by atoms with E-state index in [1.807, 2.05) is 0 Å². The fourth-order valence-electron chi connectivity index (χ4n) is 2.97. The molecule has 0 aliphatic rings. The summed E-state index contributed by atoms with van der Waals surface area (Å²) in [4.78, 5) is 15.9. The minimum Gasteiger partial charge on any atom is -0.508 e. The number of pyridine rings is 1. The van der Waals surface area contributed by atoms with Crippen molar-refractivity contribution in [1.82, 2.24) is 4.98 Å². The smallest absolute Gasteiger partial charge is 0.418 e. The Morgan fingerprint density at radius 2 is 1.62 bits per heavy atom. The van der Waals surface area contributed by atoms with Crippen molar-refractivity contribution in [3.8, 4) is 17.0 Å². The number of carbonyl (C=O) groups excluding carboxylic acids is 1. The average molecular weight is 454 g/mol. The van der Waals surface area contributed by atoms with E-state index >= 15 is 0 Å². The molecule has 10 heteroatoms. The molecule has 0 saturated carbocycles. The van der Waals surface area contributed by atoms with Crippen LogP contribution >= 0.6 is 0 Å². The highest BCUT2D eigenvalue weighted by Gasteiger charge is 2.35. The fraction of sp³-hybridized carbons (Fsp3) is 0.182. The highest BCUT2D eigenvalue weighted by molar-refractivity contribution is 5.91. The third kappa shape index (κ3) is 5.77. The summed E-state index contributed by atoms with van der Waals surface area (Å²) >= 11 is 0. The Hall–Kier alpha value is -3.56. The zero-order chi connectivity index (χ0) is 23.5. The van der Waals surface area contributed by atoms with Gasteiger partial charge in [0, 0.05) is 12.0 Å². The maximum Gasteiger partial charge on any atom is 0.418 e. The Balaban J connectivity index is 1.72. The lowest BCUT2D eigenvalue weighted by atomic mass is 10.0. The number of nitrogens with one attached hydrogen (secondary N) is 1. The molecule has 1 amide bonds. The van der Waals surface area contributed by atoms with E-state index in [9.17, 15) is 36.2 Å². The highest BCUT2D eigenvalue weighted by Crippen LogP contribution is 2.38. The van der Waals surface area contributed by atoms with Crippen LogP contribution in [0, 0.1) is 0 Å². The Kier molecular flexibility index (Phi) is 6.42. The van der Waals surface area contributed by atoms with Crippen LogP contribution in [0.25, 0.3) is 11.3 Å². The number of carbonyl (C=O) groups is 1. The number of hydrogen-bond acceptors (Lipinski definition) is 3. The van der Waals surface area contributed by atoms with Gasteiger partial charge in [0.25, 0.3) is 0 Å². The van der Waals surface area contributed by atoms with Gasteiger partial charge in [0.2, 0.25) is 5.91 Å². The number of aromatic hydroxyl groups is 1. The van der Waals surface area contributed by atoms with Crippen molar-refractivity contribution in [3.63, 3.8) is 0 Å². The maximum atomic E-state index is 13.5. The molecule has 0 unspecified atom stereocenters. The van der Waals surface area contributed by atoms with Crippen LogP contribution in [0.15, 0.2) is 60.8 Å². The van der Waals surface area contributed by atoms with Crippen LogP contribution in [0.1, 0.15) is 23.1 Å². The number of benzene rings is 2. The van der Waals surface area contributed by atoms with Crippen LogP contribution in [0.4, 0.5) is 32.0 Å². The predicted octanol–water partition coefficient (Wildman–Crippen LogP) is 6.06. The van der Waals surface area contributed by atoms with Gasteiger partial charge in [-0.15, -0.1) is 0 Å². The van der Waals surface area contributed by atoms with Crippen LogP contribution in [-0.4, -0.2) is 16.0 Å². The molecule has 32 heavy (non-hydrogen) atoms. The van der Waals surface area contributed by atoms with Gasteiger partial charge in [0.1, 0.15) is 5.75 Å². The van der Waals surface area contributed by atoms with Crippen molar-refractivity contribution >= 4 is 11.6 Å².